The van der Waals surface area contributed by atoms with Crippen LogP contribution in [0.2, 0.25) is 0 Å². The molecule has 2 heterocycles. The van der Waals surface area contributed by atoms with E-state index in [4.69, 9.17) is 5.73 Å². The molecule has 0 spiro atoms. The van der Waals surface area contributed by atoms with E-state index in [9.17, 15) is 4.79 Å². The molecule has 2 fully saturated rings. The Bertz CT molecular complexity index is 483. The lowest BCUT2D eigenvalue weighted by Crippen LogP contribution is -2.33. The minimum Gasteiger partial charge on any atom is -0.383 e. The zero-order valence-corrected chi connectivity index (χ0v) is 12.1. The number of aromatic nitrogens is 1. The Morgan fingerprint density at radius 2 is 2.11 bits per heavy atom. The molecule has 0 unspecified atom stereocenters. The fourth-order valence-electron chi connectivity index (χ4n) is 2.72. The van der Waals surface area contributed by atoms with Crippen molar-refractivity contribution in [2.24, 2.45) is 0 Å². The van der Waals surface area contributed by atoms with Crippen molar-refractivity contribution < 1.29 is 4.79 Å². The van der Waals surface area contributed by atoms with Crippen LogP contribution in [0.15, 0.2) is 0 Å². The fourth-order valence-corrected chi connectivity index (χ4v) is 3.67. The molecule has 3 rings (SSSR count). The van der Waals surface area contributed by atoms with E-state index in [1.807, 2.05) is 4.90 Å². The molecule has 1 aromatic heterocycles. The molecule has 2 aliphatic rings. The number of anilines is 2. The lowest BCUT2D eigenvalue weighted by Gasteiger charge is -2.22. The maximum absolute atomic E-state index is 11.5. The fraction of sp³-hybridized carbons (Fsp3) is 0.692. The summed E-state index contributed by atoms with van der Waals surface area (Å²) < 4.78 is 4.34. The molecular formula is C13H20N4OS. The average molecular weight is 280 g/mol. The predicted octanol–water partition coefficient (Wildman–Crippen LogP) is 1.66. The molecule has 1 amide bonds. The van der Waals surface area contributed by atoms with Gasteiger partial charge in [-0.2, -0.15) is 4.37 Å². The van der Waals surface area contributed by atoms with Gasteiger partial charge in [0, 0.05) is 38.7 Å². The van der Waals surface area contributed by atoms with Crippen LogP contribution in [0.25, 0.3) is 0 Å². The number of rotatable bonds is 2. The summed E-state index contributed by atoms with van der Waals surface area (Å²) in [5, 5.41) is 1.24. The summed E-state index contributed by atoms with van der Waals surface area (Å²) in [4.78, 5) is 15.8. The smallest absolute Gasteiger partial charge is 0.219 e. The summed E-state index contributed by atoms with van der Waals surface area (Å²) >= 11 is 1.52. The van der Waals surface area contributed by atoms with Gasteiger partial charge in [0.1, 0.15) is 10.8 Å². The molecule has 2 N–H and O–H groups in total. The van der Waals surface area contributed by atoms with Gasteiger partial charge in [-0.15, -0.1) is 0 Å². The zero-order chi connectivity index (χ0) is 13.4. The molecule has 1 aliphatic heterocycles. The van der Waals surface area contributed by atoms with Gasteiger partial charge in [-0.05, 0) is 36.7 Å². The zero-order valence-electron chi connectivity index (χ0n) is 11.3. The van der Waals surface area contributed by atoms with Crippen LogP contribution in [-0.4, -0.2) is 41.4 Å². The van der Waals surface area contributed by atoms with Crippen LogP contribution in [0.5, 0.6) is 0 Å². The van der Waals surface area contributed by atoms with Crippen LogP contribution in [0.1, 0.15) is 37.7 Å². The third-order valence-electron chi connectivity index (χ3n) is 3.95. The van der Waals surface area contributed by atoms with Crippen LogP contribution in [0, 0.1) is 0 Å². The lowest BCUT2D eigenvalue weighted by atomic mass is 10.2. The number of hydrogen-bond donors (Lipinski definition) is 1. The Labute approximate surface area is 117 Å². The molecule has 0 atom stereocenters. The minimum atomic E-state index is 0.174. The van der Waals surface area contributed by atoms with Gasteiger partial charge in [0.15, 0.2) is 0 Å². The van der Waals surface area contributed by atoms with Gasteiger partial charge in [0.25, 0.3) is 0 Å². The number of carbonyl (C=O) groups is 1. The number of nitrogens with two attached hydrogens (primary N) is 1. The topological polar surface area (TPSA) is 62.5 Å². The van der Waals surface area contributed by atoms with Gasteiger partial charge in [-0.3, -0.25) is 4.79 Å². The molecule has 6 heteroatoms. The van der Waals surface area contributed by atoms with Crippen LogP contribution in [-0.2, 0) is 4.79 Å². The molecule has 1 aromatic rings. The number of nitrogens with zero attached hydrogens (tertiary/aromatic N) is 3. The van der Waals surface area contributed by atoms with Crippen LogP contribution in [0.3, 0.4) is 0 Å². The van der Waals surface area contributed by atoms with Gasteiger partial charge >= 0.3 is 0 Å². The maximum atomic E-state index is 11.5. The van der Waals surface area contributed by atoms with E-state index in [2.05, 4.69) is 9.27 Å². The first-order valence-electron chi connectivity index (χ1n) is 6.92. The van der Waals surface area contributed by atoms with Gasteiger partial charge in [0.2, 0.25) is 5.91 Å². The quantitative estimate of drug-likeness (QED) is 0.895. The molecule has 104 valence electrons. The van der Waals surface area contributed by atoms with E-state index >= 15 is 0 Å². The van der Waals surface area contributed by atoms with Crippen molar-refractivity contribution >= 4 is 28.3 Å². The van der Waals surface area contributed by atoms with E-state index in [1.165, 1.54) is 34.9 Å². The lowest BCUT2D eigenvalue weighted by molar-refractivity contribution is -0.128. The highest BCUT2D eigenvalue weighted by molar-refractivity contribution is 7.10. The Morgan fingerprint density at radius 1 is 1.32 bits per heavy atom. The highest BCUT2D eigenvalue weighted by atomic mass is 32.1. The first-order valence-corrected chi connectivity index (χ1v) is 7.69. The first kappa shape index (κ1) is 12.7. The highest BCUT2D eigenvalue weighted by Crippen LogP contribution is 2.48. The van der Waals surface area contributed by atoms with Crippen molar-refractivity contribution in [1.29, 1.82) is 0 Å². The van der Waals surface area contributed by atoms with E-state index < -0.39 is 0 Å². The molecular weight excluding hydrogens is 260 g/mol. The molecule has 5 nitrogen and oxygen atoms in total. The van der Waals surface area contributed by atoms with E-state index in [0.717, 1.165) is 38.4 Å². The number of hydrogen-bond acceptors (Lipinski definition) is 5. The summed E-state index contributed by atoms with van der Waals surface area (Å²) in [5.41, 5.74) is 7.28. The Morgan fingerprint density at radius 3 is 2.79 bits per heavy atom. The molecule has 1 saturated carbocycles. The maximum Gasteiger partial charge on any atom is 0.219 e. The largest absolute Gasteiger partial charge is 0.383 e. The van der Waals surface area contributed by atoms with E-state index in [0.29, 0.717) is 5.92 Å². The third-order valence-corrected chi connectivity index (χ3v) is 4.89. The summed E-state index contributed by atoms with van der Waals surface area (Å²) in [5.74, 6) is 1.52. The second kappa shape index (κ2) is 5.00. The van der Waals surface area contributed by atoms with E-state index in [1.54, 1.807) is 6.92 Å². The van der Waals surface area contributed by atoms with Crippen molar-refractivity contribution in [2.75, 3.05) is 36.8 Å². The Hall–Kier alpha value is -1.30. The monoisotopic (exact) mass is 280 g/mol. The number of amides is 1. The van der Waals surface area contributed by atoms with Crippen molar-refractivity contribution in [2.45, 2.75) is 32.1 Å². The predicted molar refractivity (Wildman–Crippen MR) is 77.6 cm³/mol. The number of carbonyl (C=O) groups excluding carboxylic acids is 1. The summed E-state index contributed by atoms with van der Waals surface area (Å²) in [7, 11) is 0. The summed E-state index contributed by atoms with van der Waals surface area (Å²) in [6, 6.07) is 0. The van der Waals surface area contributed by atoms with Crippen molar-refractivity contribution in [3.8, 4) is 0 Å². The van der Waals surface area contributed by atoms with Gasteiger partial charge in [-0.1, -0.05) is 0 Å². The average Bonchev–Trinajstić information content (AvgIpc) is 3.17. The van der Waals surface area contributed by atoms with Gasteiger partial charge in [0.05, 0.1) is 0 Å². The molecule has 19 heavy (non-hydrogen) atoms. The molecule has 0 radical (unpaired) electrons. The van der Waals surface area contributed by atoms with Crippen LogP contribution >= 0.6 is 11.5 Å². The van der Waals surface area contributed by atoms with Crippen LogP contribution in [0.4, 0.5) is 10.8 Å². The normalized spacial score (nSPS) is 20.5. The Balaban J connectivity index is 1.77. The van der Waals surface area contributed by atoms with Crippen molar-refractivity contribution in [3.63, 3.8) is 0 Å². The van der Waals surface area contributed by atoms with Gasteiger partial charge < -0.3 is 15.5 Å². The van der Waals surface area contributed by atoms with Crippen molar-refractivity contribution in [3.05, 3.63) is 5.56 Å². The molecule has 0 aromatic carbocycles. The highest BCUT2D eigenvalue weighted by Gasteiger charge is 2.32. The van der Waals surface area contributed by atoms with Crippen LogP contribution < -0.4 is 10.6 Å². The second-order valence-electron chi connectivity index (χ2n) is 5.41. The SMILES string of the molecule is CC(=O)N1CCCN(c2snc(N)c2C2CC2)CC1. The molecule has 1 aliphatic carbocycles. The van der Waals surface area contributed by atoms with Gasteiger partial charge in [-0.25, -0.2) is 0 Å². The van der Waals surface area contributed by atoms with Crippen molar-refractivity contribution in [1.82, 2.24) is 9.27 Å². The molecule has 1 saturated heterocycles. The second-order valence-corrected chi connectivity index (χ2v) is 6.16. The third kappa shape index (κ3) is 2.54. The Kier molecular flexibility index (Phi) is 3.35. The minimum absolute atomic E-state index is 0.174. The molecule has 0 bridgehead atoms. The van der Waals surface area contributed by atoms with E-state index in [-0.39, 0.29) is 5.91 Å². The first-order chi connectivity index (χ1) is 9.16. The summed E-state index contributed by atoms with van der Waals surface area (Å²) in [6.07, 6.45) is 3.49. The standard InChI is InChI=1S/C13H20N4OS/c1-9(18)16-5-2-6-17(8-7-16)13-11(10-3-4-10)12(14)15-19-13/h10H,2-8H2,1H3,(H2,14,15). The summed E-state index contributed by atoms with van der Waals surface area (Å²) in [6.45, 7) is 5.19. The number of nitrogen functional groups attached to an aromatic ring is 1.